The van der Waals surface area contributed by atoms with Crippen molar-refractivity contribution in [3.05, 3.63) is 24.4 Å². The topological polar surface area (TPSA) is 3.24 Å². The van der Waals surface area contributed by atoms with Crippen molar-refractivity contribution in [1.82, 2.24) is 4.90 Å². The lowest BCUT2D eigenvalue weighted by Crippen LogP contribution is -2.30. The molecule has 0 saturated heterocycles. The quantitative estimate of drug-likeness (QED) is 0.566. The van der Waals surface area contributed by atoms with Crippen molar-refractivity contribution in [2.45, 2.75) is 46.1 Å². The van der Waals surface area contributed by atoms with Crippen LogP contribution in [-0.4, -0.2) is 18.0 Å². The van der Waals surface area contributed by atoms with Crippen LogP contribution in [0.15, 0.2) is 24.4 Å². The van der Waals surface area contributed by atoms with E-state index in [0.717, 1.165) is 19.3 Å². The predicted molar refractivity (Wildman–Crippen MR) is 60.7 cm³/mol. The summed E-state index contributed by atoms with van der Waals surface area (Å²) in [4.78, 5) is 2.26. The van der Waals surface area contributed by atoms with Crippen LogP contribution in [0.2, 0.25) is 0 Å². The molecule has 0 aliphatic carbocycles. The lowest BCUT2D eigenvalue weighted by molar-refractivity contribution is 0.321. The van der Waals surface area contributed by atoms with Crippen molar-refractivity contribution in [3.8, 4) is 0 Å². The highest BCUT2D eigenvalue weighted by atomic mass is 15.1. The molecule has 0 aliphatic rings. The van der Waals surface area contributed by atoms with Gasteiger partial charge >= 0.3 is 0 Å². The fourth-order valence-electron chi connectivity index (χ4n) is 1.64. The van der Waals surface area contributed by atoms with E-state index >= 15 is 0 Å². The van der Waals surface area contributed by atoms with Crippen LogP contribution >= 0.6 is 0 Å². The summed E-state index contributed by atoms with van der Waals surface area (Å²) in [7, 11) is 2.11. The van der Waals surface area contributed by atoms with Crippen LogP contribution in [-0.2, 0) is 0 Å². The number of nitrogens with zero attached hydrogens (tertiary/aromatic N) is 1. The second-order valence-corrected chi connectivity index (χ2v) is 3.70. The Morgan fingerprint density at radius 1 is 1.31 bits per heavy atom. The minimum atomic E-state index is 0.457. The predicted octanol–water partition coefficient (Wildman–Crippen LogP) is 3.59. The molecule has 0 aromatic carbocycles. The molecule has 1 nitrogen and oxygen atoms in total. The molecule has 0 fully saturated rings. The fourth-order valence-corrected chi connectivity index (χ4v) is 1.64. The Kier molecular flexibility index (Phi) is 5.52. The third kappa shape index (κ3) is 3.67. The molecule has 0 heterocycles. The standard InChI is InChI=1S/C12H23N/c1-7-9-11(5)13(6)12(8-2)10(3)4/h12H,3,5,7-9H2,1-2,4,6H3. The summed E-state index contributed by atoms with van der Waals surface area (Å²) in [6.45, 7) is 14.5. The Hall–Kier alpha value is -0.720. The Bertz CT molecular complexity index is 182. The molecule has 1 heteroatoms. The molecular weight excluding hydrogens is 158 g/mol. The van der Waals surface area contributed by atoms with E-state index in [1.165, 1.54) is 11.3 Å². The monoisotopic (exact) mass is 181 g/mol. The van der Waals surface area contributed by atoms with Gasteiger partial charge < -0.3 is 4.90 Å². The molecule has 0 saturated carbocycles. The van der Waals surface area contributed by atoms with E-state index in [1.807, 2.05) is 0 Å². The van der Waals surface area contributed by atoms with E-state index in [4.69, 9.17) is 0 Å². The third-order valence-electron chi connectivity index (χ3n) is 2.46. The number of likely N-dealkylation sites (N-methyl/N-ethyl adjacent to an activating group) is 1. The molecule has 0 bridgehead atoms. The molecule has 0 radical (unpaired) electrons. The number of rotatable bonds is 6. The zero-order chi connectivity index (χ0) is 10.4. The second kappa shape index (κ2) is 5.85. The van der Waals surface area contributed by atoms with E-state index in [9.17, 15) is 0 Å². The van der Waals surface area contributed by atoms with Crippen molar-refractivity contribution in [3.63, 3.8) is 0 Å². The Balaban J connectivity index is 4.27. The van der Waals surface area contributed by atoms with Crippen molar-refractivity contribution >= 4 is 0 Å². The second-order valence-electron chi connectivity index (χ2n) is 3.70. The number of allylic oxidation sites excluding steroid dienone is 1. The maximum atomic E-state index is 4.08. The van der Waals surface area contributed by atoms with Gasteiger partial charge in [0.15, 0.2) is 0 Å². The highest BCUT2D eigenvalue weighted by Crippen LogP contribution is 2.17. The van der Waals surface area contributed by atoms with Gasteiger partial charge in [0.2, 0.25) is 0 Å². The first kappa shape index (κ1) is 12.3. The molecular formula is C12H23N. The Morgan fingerprint density at radius 2 is 1.85 bits per heavy atom. The first-order valence-electron chi connectivity index (χ1n) is 5.10. The molecule has 0 rings (SSSR count). The SMILES string of the molecule is C=C(C)C(CC)N(C)C(=C)CCC. The summed E-state index contributed by atoms with van der Waals surface area (Å²) in [6.07, 6.45) is 3.35. The fraction of sp³-hybridized carbons (Fsp3) is 0.667. The van der Waals surface area contributed by atoms with Crippen LogP contribution in [0.4, 0.5) is 0 Å². The van der Waals surface area contributed by atoms with E-state index < -0.39 is 0 Å². The maximum Gasteiger partial charge on any atom is 0.0487 e. The van der Waals surface area contributed by atoms with Crippen LogP contribution in [0.3, 0.4) is 0 Å². The highest BCUT2D eigenvalue weighted by Gasteiger charge is 2.13. The molecule has 1 unspecified atom stereocenters. The normalized spacial score (nSPS) is 12.3. The van der Waals surface area contributed by atoms with Crippen LogP contribution in [0, 0.1) is 0 Å². The summed E-state index contributed by atoms with van der Waals surface area (Å²) in [5, 5.41) is 0. The zero-order valence-electron chi connectivity index (χ0n) is 9.56. The molecule has 0 aliphatic heterocycles. The Morgan fingerprint density at radius 3 is 2.15 bits per heavy atom. The van der Waals surface area contributed by atoms with Gasteiger partial charge in [-0.05, 0) is 19.8 Å². The smallest absolute Gasteiger partial charge is 0.0487 e. The van der Waals surface area contributed by atoms with Gasteiger partial charge in [-0.15, -0.1) is 0 Å². The average Bonchev–Trinajstić information content (AvgIpc) is 2.05. The van der Waals surface area contributed by atoms with Gasteiger partial charge in [0, 0.05) is 18.8 Å². The van der Waals surface area contributed by atoms with Gasteiger partial charge in [0.05, 0.1) is 0 Å². The van der Waals surface area contributed by atoms with E-state index in [0.29, 0.717) is 6.04 Å². The molecule has 0 N–H and O–H groups in total. The average molecular weight is 181 g/mol. The van der Waals surface area contributed by atoms with Crippen LogP contribution < -0.4 is 0 Å². The van der Waals surface area contributed by atoms with Crippen molar-refractivity contribution in [1.29, 1.82) is 0 Å². The van der Waals surface area contributed by atoms with Crippen LogP contribution in [0.5, 0.6) is 0 Å². The summed E-state index contributed by atoms with van der Waals surface area (Å²) in [5.41, 5.74) is 2.44. The molecule has 1 atom stereocenters. The first-order chi connectivity index (χ1) is 6.04. The van der Waals surface area contributed by atoms with Gasteiger partial charge in [-0.25, -0.2) is 0 Å². The molecule has 76 valence electrons. The van der Waals surface area contributed by atoms with E-state index in [-0.39, 0.29) is 0 Å². The first-order valence-corrected chi connectivity index (χ1v) is 5.10. The summed E-state index contributed by atoms with van der Waals surface area (Å²) in [6, 6.07) is 0.457. The highest BCUT2D eigenvalue weighted by molar-refractivity contribution is 5.07. The van der Waals surface area contributed by atoms with Crippen molar-refractivity contribution in [2.24, 2.45) is 0 Å². The van der Waals surface area contributed by atoms with Crippen LogP contribution in [0.25, 0.3) is 0 Å². The maximum absolute atomic E-state index is 4.08. The van der Waals surface area contributed by atoms with Gasteiger partial charge in [-0.2, -0.15) is 0 Å². The number of hydrogen-bond acceptors (Lipinski definition) is 1. The summed E-state index contributed by atoms with van der Waals surface area (Å²) < 4.78 is 0. The molecule has 0 aromatic rings. The molecule has 0 amide bonds. The lowest BCUT2D eigenvalue weighted by Gasteiger charge is -2.31. The lowest BCUT2D eigenvalue weighted by atomic mass is 10.1. The van der Waals surface area contributed by atoms with Crippen LogP contribution in [0.1, 0.15) is 40.0 Å². The largest absolute Gasteiger partial charge is 0.372 e. The van der Waals surface area contributed by atoms with Gasteiger partial charge in [0.25, 0.3) is 0 Å². The minimum Gasteiger partial charge on any atom is -0.372 e. The van der Waals surface area contributed by atoms with Crippen molar-refractivity contribution in [2.75, 3.05) is 7.05 Å². The van der Waals surface area contributed by atoms with Gasteiger partial charge in [-0.1, -0.05) is 39.0 Å². The van der Waals surface area contributed by atoms with Gasteiger partial charge in [-0.3, -0.25) is 0 Å². The van der Waals surface area contributed by atoms with E-state index in [1.54, 1.807) is 0 Å². The molecule has 0 spiro atoms. The summed E-state index contributed by atoms with van der Waals surface area (Å²) in [5.74, 6) is 0. The summed E-state index contributed by atoms with van der Waals surface area (Å²) >= 11 is 0. The molecule has 0 aromatic heterocycles. The minimum absolute atomic E-state index is 0.457. The number of hydrogen-bond donors (Lipinski definition) is 0. The zero-order valence-corrected chi connectivity index (χ0v) is 9.56. The van der Waals surface area contributed by atoms with Gasteiger partial charge in [0.1, 0.15) is 0 Å². The van der Waals surface area contributed by atoms with Crippen molar-refractivity contribution < 1.29 is 0 Å². The van der Waals surface area contributed by atoms with E-state index in [2.05, 4.69) is 45.9 Å². The molecule has 13 heavy (non-hydrogen) atoms. The Labute approximate surface area is 83.1 Å². The third-order valence-corrected chi connectivity index (χ3v) is 2.46.